The topological polar surface area (TPSA) is 106 Å². The highest BCUT2D eigenvalue weighted by atomic mass is 32.2. The Labute approximate surface area is 197 Å². The van der Waals surface area contributed by atoms with Crippen molar-refractivity contribution in [1.29, 1.82) is 0 Å². The maximum atomic E-state index is 13.0. The lowest BCUT2D eigenvalue weighted by atomic mass is 9.95. The monoisotopic (exact) mass is 518 g/mol. The maximum absolute atomic E-state index is 13.0. The van der Waals surface area contributed by atoms with Crippen LogP contribution in [0.1, 0.15) is 30.4 Å². The van der Waals surface area contributed by atoms with Crippen molar-refractivity contribution in [3.63, 3.8) is 0 Å². The van der Waals surface area contributed by atoms with E-state index < -0.39 is 42.7 Å². The van der Waals surface area contributed by atoms with Crippen LogP contribution in [0, 0.1) is 0 Å². The molecule has 0 aliphatic carbocycles. The molecule has 14 heteroatoms. The number of aliphatic hydroxyl groups excluding tert-OH is 1. The molecule has 8 nitrogen and oxygen atoms in total. The second kappa shape index (κ2) is 16.3. The molecule has 1 atom stereocenters. The molecule has 3 rings (SSSR count). The van der Waals surface area contributed by atoms with Gasteiger partial charge in [0, 0.05) is 41.0 Å². The van der Waals surface area contributed by atoms with E-state index >= 15 is 0 Å². The van der Waals surface area contributed by atoms with Gasteiger partial charge in [0.05, 0.1) is 14.4 Å². The summed E-state index contributed by atoms with van der Waals surface area (Å²) in [5.74, 6) is 1.12. The number of fused-ring (bicyclic) bond motifs is 1. The van der Waals surface area contributed by atoms with E-state index in [0.717, 1.165) is 0 Å². The van der Waals surface area contributed by atoms with Gasteiger partial charge in [-0.3, -0.25) is 17.8 Å². The predicted octanol–water partition coefficient (Wildman–Crippen LogP) is 2.76. The molecule has 0 bridgehead atoms. The van der Waals surface area contributed by atoms with Crippen LogP contribution in [0.25, 0.3) is 11.2 Å². The van der Waals surface area contributed by atoms with Gasteiger partial charge in [-0.05, 0) is 25.8 Å². The first-order valence-corrected chi connectivity index (χ1v) is 11.5. The number of nitrogens with one attached hydrogen (secondary N) is 1. The number of halogens is 5. The Balaban J connectivity index is 0.00000141. The van der Waals surface area contributed by atoms with E-state index in [0.29, 0.717) is 49.9 Å². The quantitative estimate of drug-likeness (QED) is 0.570. The van der Waals surface area contributed by atoms with Crippen LogP contribution in [-0.2, 0) is 17.8 Å². The van der Waals surface area contributed by atoms with Gasteiger partial charge in [0.25, 0.3) is 5.91 Å². The number of hydrogen-bond donors (Lipinski definition) is 2. The molecule has 1 unspecified atom stereocenters. The van der Waals surface area contributed by atoms with E-state index in [1.54, 1.807) is 13.1 Å². The molecule has 2 aromatic rings. The molecule has 1 aliphatic rings. The van der Waals surface area contributed by atoms with Crippen molar-refractivity contribution in [2.75, 3.05) is 46.0 Å². The summed E-state index contributed by atoms with van der Waals surface area (Å²) in [5.41, 5.74) is 0.475. The average molecular weight is 519 g/mol. The number of pyridine rings is 1. The first kappa shape index (κ1) is 31.6. The summed E-state index contributed by atoms with van der Waals surface area (Å²) in [7, 11) is 1.83. The summed E-state index contributed by atoms with van der Waals surface area (Å²) in [4.78, 5) is 21.3. The molecular formula is C20H31F5N4O4S. The zero-order chi connectivity index (χ0) is 26.3. The molecule has 196 valence electrons. The molecule has 0 saturated carbocycles. The highest BCUT2D eigenvalue weighted by molar-refractivity contribution is 7.85. The lowest BCUT2D eigenvalue weighted by Gasteiger charge is -2.33. The summed E-state index contributed by atoms with van der Waals surface area (Å²) < 4.78 is 72.2. The first-order chi connectivity index (χ1) is 16.2. The minimum atomic E-state index is -1.71. The van der Waals surface area contributed by atoms with Crippen molar-refractivity contribution < 1.29 is 40.8 Å². The Kier molecular flexibility index (Phi) is 15.2. The van der Waals surface area contributed by atoms with Gasteiger partial charge in [-0.15, -0.1) is 0 Å². The summed E-state index contributed by atoms with van der Waals surface area (Å²) in [6.45, 7) is -0.864. The number of ether oxygens (including phenoxy) is 1. The summed E-state index contributed by atoms with van der Waals surface area (Å²) in [5, 5.41) is 9.89. The zero-order valence-corrected chi connectivity index (χ0v) is 20.3. The lowest BCUT2D eigenvalue weighted by Crippen LogP contribution is -2.50. The molecule has 0 aromatic carbocycles. The Morgan fingerprint density at radius 1 is 1.24 bits per heavy atom. The minimum absolute atomic E-state index is 0.135. The molecule has 2 N–H and O–H groups in total. The fourth-order valence-electron chi connectivity index (χ4n) is 2.91. The van der Waals surface area contributed by atoms with E-state index in [4.69, 9.17) is 9.84 Å². The Hall–Kier alpha value is -2.35. The number of hydrogen-bond acceptors (Lipinski definition) is 6. The number of aromatic nitrogens is 3. The normalized spacial score (nSPS) is 19.9. The minimum Gasteiger partial charge on any atom is -0.474 e. The number of rotatable bonds is 6. The Bertz CT molecular complexity index is 893. The van der Waals surface area contributed by atoms with Gasteiger partial charge >= 0.3 is 0 Å². The van der Waals surface area contributed by atoms with Crippen LogP contribution in [0.3, 0.4) is 0 Å². The summed E-state index contributed by atoms with van der Waals surface area (Å²) in [6, 6.07) is 3.11. The number of imidazole rings is 1. The van der Waals surface area contributed by atoms with Crippen molar-refractivity contribution in [3.8, 4) is 5.88 Å². The molecule has 1 aliphatic heterocycles. The van der Waals surface area contributed by atoms with Gasteiger partial charge in [-0.1, -0.05) is 0 Å². The van der Waals surface area contributed by atoms with Crippen LogP contribution in [0.2, 0.25) is 0 Å². The Morgan fingerprint density at radius 2 is 1.79 bits per heavy atom. The van der Waals surface area contributed by atoms with Gasteiger partial charge in [-0.2, -0.15) is 4.98 Å². The lowest BCUT2D eigenvalue weighted by molar-refractivity contribution is 0.0886. The van der Waals surface area contributed by atoms with Crippen LogP contribution < -0.4 is 10.1 Å². The standard InChI is InChI=1S/C17H22F2N4O3S.CH3FO.2CH3F/c1-17(5-7-27(25)8-6-17)22-16(24)15-20-12-3-4-13(21-14(12)23(15)2)26-10-11(19)9-18;2-1-3;2*1-2/h3-4,11H,5-10H2,1-2H3,(H,22,24);3H,1H2;2*1H3. The third-order valence-electron chi connectivity index (χ3n) is 4.65. The van der Waals surface area contributed by atoms with Crippen molar-refractivity contribution >= 4 is 27.9 Å². The number of nitrogens with zero attached hydrogens (tertiary/aromatic N) is 3. The number of aliphatic hydroxyl groups is 1. The maximum Gasteiger partial charge on any atom is 0.287 e. The van der Waals surface area contributed by atoms with E-state index in [1.807, 2.05) is 6.92 Å². The molecule has 1 amide bonds. The third-order valence-corrected chi connectivity index (χ3v) is 5.97. The second-order valence-corrected chi connectivity index (χ2v) is 8.73. The summed E-state index contributed by atoms with van der Waals surface area (Å²) >= 11 is 0. The van der Waals surface area contributed by atoms with Crippen LogP contribution >= 0.6 is 0 Å². The molecule has 0 spiro atoms. The number of amides is 1. The van der Waals surface area contributed by atoms with Crippen LogP contribution in [0.5, 0.6) is 5.88 Å². The van der Waals surface area contributed by atoms with Gasteiger partial charge in [0.1, 0.15) is 18.8 Å². The summed E-state index contributed by atoms with van der Waals surface area (Å²) in [6.07, 6.45) is -0.421. The van der Waals surface area contributed by atoms with Crippen LogP contribution in [0.4, 0.5) is 22.0 Å². The Morgan fingerprint density at radius 3 is 2.32 bits per heavy atom. The van der Waals surface area contributed by atoms with E-state index in [-0.39, 0.29) is 17.6 Å². The average Bonchev–Trinajstić information content (AvgIpc) is 3.18. The van der Waals surface area contributed by atoms with Crippen molar-refractivity contribution in [2.45, 2.75) is 31.5 Å². The number of carbonyl (C=O) groups excluding carboxylic acids is 1. The molecule has 3 heterocycles. The van der Waals surface area contributed by atoms with Crippen molar-refractivity contribution in [1.82, 2.24) is 19.9 Å². The first-order valence-electron chi connectivity index (χ1n) is 9.99. The highest BCUT2D eigenvalue weighted by Crippen LogP contribution is 2.23. The highest BCUT2D eigenvalue weighted by Gasteiger charge is 2.32. The largest absolute Gasteiger partial charge is 0.474 e. The van der Waals surface area contributed by atoms with E-state index in [9.17, 15) is 31.0 Å². The van der Waals surface area contributed by atoms with Gasteiger partial charge < -0.3 is 19.7 Å². The van der Waals surface area contributed by atoms with Crippen LogP contribution in [-0.4, -0.2) is 87.5 Å². The molecule has 0 radical (unpaired) electrons. The predicted molar refractivity (Wildman–Crippen MR) is 120 cm³/mol. The molecular weight excluding hydrogens is 487 g/mol. The smallest absolute Gasteiger partial charge is 0.287 e. The molecule has 34 heavy (non-hydrogen) atoms. The van der Waals surface area contributed by atoms with Gasteiger partial charge in [-0.25, -0.2) is 18.2 Å². The SMILES string of the molecule is CF.CF.Cn1c(C(=O)NC2(C)CCS(=O)CC2)nc2ccc(OCC(F)CF)nc21.OCF. The molecule has 2 aromatic heterocycles. The third kappa shape index (κ3) is 9.49. The number of alkyl halides is 5. The number of carbonyl (C=O) groups is 1. The fraction of sp³-hybridized carbons (Fsp3) is 0.650. The van der Waals surface area contributed by atoms with Gasteiger partial charge in [0.15, 0.2) is 18.7 Å². The van der Waals surface area contributed by atoms with Gasteiger partial charge in [0.2, 0.25) is 11.7 Å². The fourth-order valence-corrected chi connectivity index (χ4v) is 4.47. The van der Waals surface area contributed by atoms with Crippen molar-refractivity contribution in [3.05, 3.63) is 18.0 Å². The second-order valence-electron chi connectivity index (χ2n) is 7.03. The van der Waals surface area contributed by atoms with E-state index in [1.165, 1.54) is 10.6 Å². The molecule has 1 fully saturated rings. The van der Waals surface area contributed by atoms with Crippen molar-refractivity contribution in [2.24, 2.45) is 7.05 Å². The zero-order valence-electron chi connectivity index (χ0n) is 19.5. The molecule has 1 saturated heterocycles. The number of aryl methyl sites for hydroxylation is 1. The van der Waals surface area contributed by atoms with E-state index in [2.05, 4.69) is 15.3 Å². The van der Waals surface area contributed by atoms with Crippen LogP contribution in [0.15, 0.2) is 12.1 Å².